The minimum atomic E-state index is 0.505. The van der Waals surface area contributed by atoms with Gasteiger partial charge >= 0.3 is 0 Å². The molecule has 0 amide bonds. The molecule has 0 aliphatic carbocycles. The number of para-hydroxylation sites is 9. The fourth-order valence-electron chi connectivity index (χ4n) is 12.8. The summed E-state index contributed by atoms with van der Waals surface area (Å²) >= 11 is 0. The molecule has 0 N–H and O–H groups in total. The molecule has 20 rings (SSSR count). The Morgan fingerprint density at radius 3 is 1.11 bits per heavy atom. The molecule has 0 aliphatic heterocycles. The van der Waals surface area contributed by atoms with Gasteiger partial charge in [0, 0.05) is 70.9 Å². The summed E-state index contributed by atoms with van der Waals surface area (Å²) in [5, 5.41) is 7.82. The van der Waals surface area contributed by atoms with Gasteiger partial charge in [-0.2, -0.15) is 0 Å². The molecule has 0 spiro atoms. The van der Waals surface area contributed by atoms with Gasteiger partial charge in [-0.25, -0.2) is 39.9 Å². The normalized spacial score (nSPS) is 11.8. The lowest BCUT2D eigenvalue weighted by Crippen LogP contribution is -2.00. The highest BCUT2D eigenvalue weighted by Gasteiger charge is 2.25. The van der Waals surface area contributed by atoms with Crippen molar-refractivity contribution in [2.24, 2.45) is 0 Å². The third-order valence-corrected chi connectivity index (χ3v) is 17.2. The van der Waals surface area contributed by atoms with Gasteiger partial charge in [-0.3, -0.25) is 0 Å². The molecule has 0 fully saturated rings. The topological polar surface area (TPSA) is 182 Å². The summed E-state index contributed by atoms with van der Waals surface area (Å²) in [6.45, 7) is 0. The van der Waals surface area contributed by atoms with Gasteiger partial charge in [0.2, 0.25) is 11.8 Å². The number of nitrogens with zero attached hydrogens (tertiary/aromatic N) is 8. The maximum absolute atomic E-state index is 6.53. The fraction of sp³-hybridized carbons (Fsp3) is 0. The molecule has 14 nitrogen and oxygen atoms in total. The Morgan fingerprint density at radius 1 is 0.191 bits per heavy atom. The first-order valence-electron chi connectivity index (χ1n) is 30.6. The van der Waals surface area contributed by atoms with E-state index >= 15 is 0 Å². The van der Waals surface area contributed by atoms with Crippen LogP contribution in [-0.4, -0.2) is 39.9 Å². The van der Waals surface area contributed by atoms with Gasteiger partial charge in [-0.1, -0.05) is 188 Å². The van der Waals surface area contributed by atoms with Crippen LogP contribution in [0.5, 0.6) is 0 Å². The first-order chi connectivity index (χ1) is 46.5. The predicted octanol–water partition coefficient (Wildman–Crippen LogP) is 21.0. The standard InChI is InChI=1S/2C40H22N4O3/c1-2-11-23(12-3-1)37-42-38(44-39(43-37)28-17-8-14-25-24-13-4-6-20-31(24)45-35(25)28)27-16-10-22-33-34(27)26-15-9-18-29(36(26)46-33)40-41-30-19-5-7-21-32(30)47-40;1-2-10-23(11-3-1)37-42-38(24-20-21-26-25-12-4-6-17-31(25)45-34(26)22-24)44-39(43-37)28-14-9-19-33-35(28)27-13-8-15-29(36(27)46-33)40-41-30-16-5-7-18-32(30)47-40/h2*1-22H. The highest BCUT2D eigenvalue weighted by atomic mass is 16.4. The molecule has 8 heterocycles. The third kappa shape index (κ3) is 8.73. The molecule has 14 heteroatoms. The summed E-state index contributed by atoms with van der Waals surface area (Å²) in [5.74, 6) is 4.30. The number of benzene rings is 12. The van der Waals surface area contributed by atoms with Gasteiger partial charge in [-0.15, -0.1) is 0 Å². The summed E-state index contributed by atoms with van der Waals surface area (Å²) in [4.78, 5) is 39.7. The van der Waals surface area contributed by atoms with Crippen LogP contribution in [0.2, 0.25) is 0 Å². The van der Waals surface area contributed by atoms with Crippen LogP contribution in [0.15, 0.2) is 293 Å². The molecule has 0 radical (unpaired) electrons. The zero-order valence-corrected chi connectivity index (χ0v) is 49.4. The van der Waals surface area contributed by atoms with E-state index in [0.717, 1.165) is 132 Å². The molecule has 440 valence electrons. The molecular formula is C80H44N8O6. The van der Waals surface area contributed by atoms with E-state index in [4.69, 9.17) is 66.4 Å². The van der Waals surface area contributed by atoms with E-state index in [9.17, 15) is 0 Å². The Bertz CT molecular complexity index is 6330. The molecule has 12 aromatic carbocycles. The van der Waals surface area contributed by atoms with Gasteiger partial charge in [0.25, 0.3) is 0 Å². The highest BCUT2D eigenvalue weighted by Crippen LogP contribution is 2.44. The molecule has 0 aliphatic rings. The van der Waals surface area contributed by atoms with Crippen LogP contribution in [0.3, 0.4) is 0 Å². The van der Waals surface area contributed by atoms with Crippen LogP contribution in [0.25, 0.3) is 201 Å². The van der Waals surface area contributed by atoms with Gasteiger partial charge in [0.15, 0.2) is 46.1 Å². The number of hydrogen-bond donors (Lipinski definition) is 0. The smallest absolute Gasteiger partial charge is 0.231 e. The first kappa shape index (κ1) is 52.7. The Kier molecular flexibility index (Phi) is 11.9. The Morgan fingerprint density at radius 2 is 0.553 bits per heavy atom. The summed E-state index contributed by atoms with van der Waals surface area (Å²) in [5.41, 5.74) is 15.6. The second kappa shape index (κ2) is 21.2. The third-order valence-electron chi connectivity index (χ3n) is 17.2. The average molecular weight is 1210 g/mol. The zero-order valence-electron chi connectivity index (χ0n) is 49.4. The Labute approximate surface area is 531 Å². The van der Waals surface area contributed by atoms with Crippen LogP contribution in [0.4, 0.5) is 0 Å². The van der Waals surface area contributed by atoms with E-state index in [2.05, 4.69) is 24.3 Å². The van der Waals surface area contributed by atoms with Gasteiger partial charge in [0.1, 0.15) is 55.7 Å². The average Bonchev–Trinajstić information content (AvgIpc) is 1.59. The van der Waals surface area contributed by atoms with Crippen molar-refractivity contribution in [1.29, 1.82) is 0 Å². The molecule has 0 bridgehead atoms. The molecule has 20 aromatic rings. The minimum Gasteiger partial charge on any atom is -0.456 e. The maximum atomic E-state index is 6.53. The molecule has 0 unspecified atom stereocenters. The zero-order chi connectivity index (χ0) is 61.8. The summed E-state index contributed by atoms with van der Waals surface area (Å²) in [7, 11) is 0. The molecular weight excluding hydrogens is 1170 g/mol. The quantitative estimate of drug-likeness (QED) is 0.140. The van der Waals surface area contributed by atoms with Crippen molar-refractivity contribution >= 4 is 110 Å². The van der Waals surface area contributed by atoms with Gasteiger partial charge < -0.3 is 26.5 Å². The SMILES string of the molecule is c1ccc(-c2nc(-c3ccc4c(c3)oc3ccccc34)nc(-c3cccc4oc5c(-c6nc7ccccc7o6)cccc5c34)n2)cc1.c1ccc(-c2nc(-c3cccc4c3oc3ccccc34)nc(-c3cccc4oc5c(-c6nc7ccccc7o6)cccc5c34)n2)cc1. The molecule has 94 heavy (non-hydrogen) atoms. The van der Waals surface area contributed by atoms with Crippen molar-refractivity contribution in [3.63, 3.8) is 0 Å². The lowest BCUT2D eigenvalue weighted by molar-refractivity contribution is 0.614. The lowest BCUT2D eigenvalue weighted by atomic mass is 10.0. The predicted molar refractivity (Wildman–Crippen MR) is 367 cm³/mol. The van der Waals surface area contributed by atoms with Crippen molar-refractivity contribution in [3.05, 3.63) is 267 Å². The summed E-state index contributed by atoms with van der Waals surface area (Å²) in [6, 6.07) is 87.6. The van der Waals surface area contributed by atoms with Crippen LogP contribution >= 0.6 is 0 Å². The molecule has 8 aromatic heterocycles. The van der Waals surface area contributed by atoms with E-state index in [-0.39, 0.29) is 0 Å². The van der Waals surface area contributed by atoms with Gasteiger partial charge in [-0.05, 0) is 78.9 Å². The number of aromatic nitrogens is 8. The lowest BCUT2D eigenvalue weighted by Gasteiger charge is -2.09. The molecule has 0 atom stereocenters. The fourth-order valence-corrected chi connectivity index (χ4v) is 12.8. The van der Waals surface area contributed by atoms with Crippen molar-refractivity contribution in [3.8, 4) is 91.2 Å². The molecule has 0 saturated heterocycles. The largest absolute Gasteiger partial charge is 0.456 e. The molecule has 0 saturated carbocycles. The highest BCUT2D eigenvalue weighted by molar-refractivity contribution is 6.16. The Balaban J connectivity index is 0.000000133. The van der Waals surface area contributed by atoms with Crippen LogP contribution in [-0.2, 0) is 0 Å². The van der Waals surface area contributed by atoms with E-state index in [0.29, 0.717) is 69.1 Å². The summed E-state index contributed by atoms with van der Waals surface area (Å²) in [6.07, 6.45) is 0. The second-order valence-corrected chi connectivity index (χ2v) is 22.8. The first-order valence-corrected chi connectivity index (χ1v) is 30.6. The number of oxazole rings is 2. The van der Waals surface area contributed by atoms with Crippen molar-refractivity contribution in [1.82, 2.24) is 39.9 Å². The van der Waals surface area contributed by atoms with E-state index in [1.165, 1.54) is 0 Å². The van der Waals surface area contributed by atoms with Crippen LogP contribution in [0, 0.1) is 0 Å². The van der Waals surface area contributed by atoms with Crippen LogP contribution in [0.1, 0.15) is 0 Å². The van der Waals surface area contributed by atoms with Crippen LogP contribution < -0.4 is 0 Å². The Hall–Kier alpha value is -13.2. The van der Waals surface area contributed by atoms with Crippen molar-refractivity contribution < 1.29 is 26.5 Å². The number of rotatable bonds is 8. The number of hydrogen-bond acceptors (Lipinski definition) is 14. The van der Waals surface area contributed by atoms with E-state index in [1.54, 1.807) is 0 Å². The van der Waals surface area contributed by atoms with Crippen molar-refractivity contribution in [2.45, 2.75) is 0 Å². The van der Waals surface area contributed by atoms with E-state index < -0.39 is 0 Å². The van der Waals surface area contributed by atoms with Gasteiger partial charge in [0.05, 0.1) is 16.7 Å². The second-order valence-electron chi connectivity index (χ2n) is 22.8. The maximum Gasteiger partial charge on any atom is 0.231 e. The van der Waals surface area contributed by atoms with E-state index in [1.807, 2.05) is 243 Å². The summed E-state index contributed by atoms with van der Waals surface area (Å²) < 4.78 is 37.9. The monoisotopic (exact) mass is 1210 g/mol. The number of furan rings is 4. The van der Waals surface area contributed by atoms with Crippen molar-refractivity contribution in [2.75, 3.05) is 0 Å². The minimum absolute atomic E-state index is 0.505. The number of fused-ring (bicyclic) bond motifs is 14.